The van der Waals surface area contributed by atoms with Crippen molar-refractivity contribution in [3.8, 4) is 17.2 Å². The molecule has 77 heavy (non-hydrogen) atoms. The zero-order chi connectivity index (χ0) is 54.3. The zero-order valence-corrected chi connectivity index (χ0v) is 43.0. The van der Waals surface area contributed by atoms with E-state index in [4.69, 9.17) is 34.5 Å². The number of hydrogen-bond donors (Lipinski definition) is 5. The maximum Gasteiger partial charge on any atom is 0.339 e. The maximum absolute atomic E-state index is 13.0. The van der Waals surface area contributed by atoms with Gasteiger partial charge in [-0.25, -0.2) is 14.4 Å². The van der Waals surface area contributed by atoms with E-state index < -0.39 is 40.4 Å². The third kappa shape index (κ3) is 11.2. The minimum Gasteiger partial charge on any atom is -0.492 e. The third-order valence-electron chi connectivity index (χ3n) is 14.7. The maximum atomic E-state index is 13.0. The number of amides is 2. The second kappa shape index (κ2) is 22.8. The van der Waals surface area contributed by atoms with Crippen LogP contribution in [0, 0.1) is 0 Å². The lowest BCUT2D eigenvalue weighted by Gasteiger charge is -2.28. The molecule has 0 bridgehead atoms. The van der Waals surface area contributed by atoms with Crippen molar-refractivity contribution < 1.29 is 62.7 Å². The molecule has 16 heteroatoms. The molecule has 2 amide bonds. The van der Waals surface area contributed by atoms with Gasteiger partial charge in [0.1, 0.15) is 39.4 Å². The highest BCUT2D eigenvalue weighted by Crippen LogP contribution is 2.36. The number of aliphatic carboxylic acids is 1. The first kappa shape index (κ1) is 53.3. The van der Waals surface area contributed by atoms with Gasteiger partial charge in [-0.05, 0) is 82.1 Å². The Kier molecular flexibility index (Phi) is 15.8. The number of hydrogen-bond acceptors (Lipinski definition) is 12. The van der Waals surface area contributed by atoms with Crippen molar-refractivity contribution in [2.75, 3.05) is 33.0 Å². The summed E-state index contributed by atoms with van der Waals surface area (Å²) in [6.45, 7) is 5.95. The number of rotatable bonds is 10. The SMILES string of the molecule is CCOC(=O)C1(N)Cc2ccccc2C1.CCOC(=O)C1(NC(=O)c2cccc3c2OCC3)Cc2ccccc2C1.O=C(NC1(C(=O)O)Cc2ccccc2C1)c1cccc2c1OCC2.O=C(O)c1cccc2c1OCC2. The number of nitrogens with one attached hydrogen (secondary N) is 2. The van der Waals surface area contributed by atoms with Crippen LogP contribution in [0.4, 0.5) is 0 Å². The van der Waals surface area contributed by atoms with Crippen molar-refractivity contribution in [1.29, 1.82) is 0 Å². The summed E-state index contributed by atoms with van der Waals surface area (Å²) in [5.41, 5.74) is 13.4. The van der Waals surface area contributed by atoms with Crippen LogP contribution in [0.2, 0.25) is 0 Å². The number of esters is 2. The Morgan fingerprint density at radius 2 is 0.779 bits per heavy atom. The second-order valence-corrected chi connectivity index (χ2v) is 19.8. The van der Waals surface area contributed by atoms with Gasteiger partial charge < -0.3 is 50.3 Å². The molecule has 6 N–H and O–H groups in total. The molecule has 398 valence electrons. The first-order valence-electron chi connectivity index (χ1n) is 25.9. The summed E-state index contributed by atoms with van der Waals surface area (Å²) in [6.07, 6.45) is 5.00. The molecule has 0 unspecified atom stereocenters. The van der Waals surface area contributed by atoms with Gasteiger partial charge >= 0.3 is 23.9 Å². The highest BCUT2D eigenvalue weighted by atomic mass is 16.5. The molecular formula is C61H61N3O13. The number of nitrogens with two attached hydrogens (primary N) is 1. The second-order valence-electron chi connectivity index (χ2n) is 19.8. The van der Waals surface area contributed by atoms with Crippen LogP contribution in [0.3, 0.4) is 0 Å². The van der Waals surface area contributed by atoms with Crippen LogP contribution in [0.1, 0.15) is 95.0 Å². The van der Waals surface area contributed by atoms with Crippen molar-refractivity contribution in [3.05, 3.63) is 194 Å². The topological polar surface area (TPSA) is 239 Å². The molecule has 0 saturated carbocycles. The van der Waals surface area contributed by atoms with E-state index in [0.717, 1.165) is 69.3 Å². The van der Waals surface area contributed by atoms with Crippen molar-refractivity contribution in [2.45, 2.75) is 88.3 Å². The molecule has 0 atom stereocenters. The van der Waals surface area contributed by atoms with E-state index in [0.29, 0.717) is 93.3 Å². The Hall–Kier alpha value is -8.50. The lowest BCUT2D eigenvalue weighted by molar-refractivity contribution is -0.150. The minimum atomic E-state index is -1.30. The van der Waals surface area contributed by atoms with E-state index in [-0.39, 0.29) is 24.0 Å². The standard InChI is InChI=1S/C21H21NO4.C19H17NO4.C12H15NO2.C9H8O3/c1-2-25-20(24)21(12-15-6-3-4-7-16(15)13-21)22-19(23)17-9-5-8-14-10-11-26-18(14)17;21-17(15-7-3-6-12-8-9-24-16(12)15)20-19(18(22)23)10-13-4-1-2-5-14(13)11-19;1-2-15-11(14)12(13)7-9-5-3-4-6-10(9)8-12;10-9(11)7-3-1-2-6-4-5-12-8(6)7/h3-9H,2,10-13H2,1H3,(H,22,23);1-7H,8-11H2,(H,20,21)(H,22,23);3-6H,2,7-8,13H2,1H3;1-3H,4-5H2,(H,10,11). The number of para-hydroxylation sites is 3. The largest absolute Gasteiger partial charge is 0.492 e. The average Bonchev–Trinajstić information content (AvgIpc) is 4.31. The van der Waals surface area contributed by atoms with E-state index in [1.165, 1.54) is 0 Å². The normalized spacial score (nSPS) is 16.2. The fourth-order valence-corrected chi connectivity index (χ4v) is 10.9. The van der Waals surface area contributed by atoms with Crippen molar-refractivity contribution in [3.63, 3.8) is 0 Å². The fraction of sp³-hybridized carbons (Fsp3) is 0.311. The third-order valence-corrected chi connectivity index (χ3v) is 14.7. The summed E-state index contributed by atoms with van der Waals surface area (Å²) in [6, 6.07) is 39.6. The van der Waals surface area contributed by atoms with Crippen LogP contribution >= 0.6 is 0 Å². The van der Waals surface area contributed by atoms with Gasteiger partial charge in [0, 0.05) is 57.8 Å². The smallest absolute Gasteiger partial charge is 0.339 e. The predicted octanol–water partition coefficient (Wildman–Crippen LogP) is 6.79. The van der Waals surface area contributed by atoms with Crippen molar-refractivity contribution in [1.82, 2.24) is 10.6 Å². The molecule has 0 spiro atoms. The fourth-order valence-electron chi connectivity index (χ4n) is 10.9. The summed E-state index contributed by atoms with van der Waals surface area (Å²) in [7, 11) is 0. The molecule has 6 aromatic carbocycles. The van der Waals surface area contributed by atoms with Crippen LogP contribution in [0.25, 0.3) is 0 Å². The predicted molar refractivity (Wildman–Crippen MR) is 284 cm³/mol. The number of benzene rings is 6. The summed E-state index contributed by atoms with van der Waals surface area (Å²) < 4.78 is 26.7. The van der Waals surface area contributed by atoms with E-state index in [1.54, 1.807) is 44.2 Å². The lowest BCUT2D eigenvalue weighted by Crippen LogP contribution is -2.56. The molecule has 3 aliphatic heterocycles. The van der Waals surface area contributed by atoms with Crippen molar-refractivity contribution in [2.24, 2.45) is 5.73 Å². The van der Waals surface area contributed by atoms with E-state index in [9.17, 15) is 33.9 Å². The number of aromatic carboxylic acids is 1. The first-order chi connectivity index (χ1) is 37.2. The highest BCUT2D eigenvalue weighted by molar-refractivity contribution is 6.02. The molecule has 0 saturated heterocycles. The van der Waals surface area contributed by atoms with Gasteiger partial charge in [-0.15, -0.1) is 0 Å². The van der Waals surface area contributed by atoms with E-state index in [1.807, 2.05) is 97.1 Å². The van der Waals surface area contributed by atoms with Gasteiger partial charge in [0.15, 0.2) is 0 Å². The molecular weight excluding hydrogens is 983 g/mol. The number of carbonyl (C=O) groups excluding carboxylic acids is 4. The number of fused-ring (bicyclic) bond motifs is 6. The van der Waals surface area contributed by atoms with Gasteiger partial charge in [0.25, 0.3) is 11.8 Å². The van der Waals surface area contributed by atoms with Gasteiger partial charge in [0.2, 0.25) is 0 Å². The zero-order valence-electron chi connectivity index (χ0n) is 43.0. The van der Waals surface area contributed by atoms with E-state index >= 15 is 0 Å². The molecule has 0 radical (unpaired) electrons. The van der Waals surface area contributed by atoms with Gasteiger partial charge in [0.05, 0.1) is 44.2 Å². The Morgan fingerprint density at radius 3 is 1.16 bits per heavy atom. The van der Waals surface area contributed by atoms with Crippen molar-refractivity contribution >= 4 is 35.7 Å². The van der Waals surface area contributed by atoms with E-state index in [2.05, 4.69) is 10.6 Å². The van der Waals surface area contributed by atoms with Crippen LogP contribution < -0.4 is 30.6 Å². The monoisotopic (exact) mass is 1040 g/mol. The quantitative estimate of drug-likeness (QED) is 0.0889. The Morgan fingerprint density at radius 1 is 0.455 bits per heavy atom. The summed E-state index contributed by atoms with van der Waals surface area (Å²) in [5, 5.41) is 24.3. The first-order valence-corrected chi connectivity index (χ1v) is 25.9. The van der Waals surface area contributed by atoms with Gasteiger partial charge in [-0.2, -0.15) is 0 Å². The molecule has 6 aliphatic rings. The number of carbonyl (C=O) groups is 6. The van der Waals surface area contributed by atoms with Crippen LogP contribution in [0.5, 0.6) is 17.2 Å². The molecule has 16 nitrogen and oxygen atoms in total. The highest BCUT2D eigenvalue weighted by Gasteiger charge is 2.48. The van der Waals surface area contributed by atoms with Gasteiger partial charge in [-0.1, -0.05) is 109 Å². The Balaban J connectivity index is 0.000000131. The van der Waals surface area contributed by atoms with Crippen LogP contribution in [-0.2, 0) is 81.6 Å². The molecule has 3 aliphatic carbocycles. The molecule has 3 heterocycles. The molecule has 0 aromatic heterocycles. The summed E-state index contributed by atoms with van der Waals surface area (Å²) in [4.78, 5) is 72.9. The minimum absolute atomic E-state index is 0.269. The average molecular weight is 1040 g/mol. The lowest BCUT2D eigenvalue weighted by atomic mass is 9.94. The summed E-state index contributed by atoms with van der Waals surface area (Å²) in [5.74, 6) is -1.57. The van der Waals surface area contributed by atoms with Crippen LogP contribution in [0.15, 0.2) is 127 Å². The summed E-state index contributed by atoms with van der Waals surface area (Å²) >= 11 is 0. The molecule has 0 fully saturated rings. The number of carboxylic acid groups (broad SMARTS) is 2. The van der Waals surface area contributed by atoms with Gasteiger partial charge in [-0.3, -0.25) is 14.4 Å². The number of ether oxygens (including phenoxy) is 5. The number of carboxylic acids is 2. The van der Waals surface area contributed by atoms with Crippen LogP contribution in [-0.4, -0.2) is 95.6 Å². The Labute approximate surface area is 445 Å². The molecule has 6 aromatic rings. The Bertz CT molecular complexity index is 3180. The molecule has 12 rings (SSSR count).